The molecule has 1 aromatic carbocycles. The Morgan fingerprint density at radius 2 is 1.90 bits per heavy atom. The molecule has 0 aliphatic heterocycles. The molecule has 0 radical (unpaired) electrons. The van der Waals surface area contributed by atoms with Crippen LogP contribution in [-0.2, 0) is 0 Å². The Hall–Kier alpha value is -2.35. The van der Waals surface area contributed by atoms with Gasteiger partial charge in [-0.15, -0.1) is 0 Å². The van der Waals surface area contributed by atoms with Gasteiger partial charge in [0.1, 0.15) is 23.0 Å². The molecule has 2 rings (SSSR count). The van der Waals surface area contributed by atoms with E-state index in [0.717, 1.165) is 12.1 Å². The van der Waals surface area contributed by atoms with Crippen LogP contribution in [-0.4, -0.2) is 14.9 Å². The molecule has 0 fully saturated rings. The van der Waals surface area contributed by atoms with Crippen molar-refractivity contribution in [2.24, 2.45) is 0 Å². The van der Waals surface area contributed by atoms with Crippen LogP contribution >= 0.6 is 11.6 Å². The van der Waals surface area contributed by atoms with Crippen molar-refractivity contribution in [2.45, 2.75) is 6.92 Å². The van der Waals surface area contributed by atoms with E-state index < -0.39 is 27.9 Å². The lowest BCUT2D eigenvalue weighted by atomic mass is 10.2. The fourth-order valence-electron chi connectivity index (χ4n) is 1.57. The lowest BCUT2D eigenvalue weighted by molar-refractivity contribution is -0.385. The molecule has 0 bridgehead atoms. The predicted molar refractivity (Wildman–Crippen MR) is 68.1 cm³/mol. The number of halogens is 3. The largest absolute Gasteiger partial charge is 0.332 e. The fourth-order valence-corrected chi connectivity index (χ4v) is 1.79. The van der Waals surface area contributed by atoms with Crippen LogP contribution in [0.1, 0.15) is 5.69 Å². The minimum absolute atomic E-state index is 0.0192. The number of nitrogens with one attached hydrogen (secondary N) is 1. The number of anilines is 2. The summed E-state index contributed by atoms with van der Waals surface area (Å²) >= 11 is 5.60. The van der Waals surface area contributed by atoms with E-state index in [-0.39, 0.29) is 16.8 Å². The van der Waals surface area contributed by atoms with Crippen molar-refractivity contribution in [3.8, 4) is 0 Å². The van der Waals surface area contributed by atoms with Gasteiger partial charge in [-0.25, -0.2) is 13.8 Å². The Morgan fingerprint density at radius 1 is 1.30 bits per heavy atom. The monoisotopic (exact) mass is 300 g/mol. The zero-order chi connectivity index (χ0) is 14.9. The first-order valence-corrected chi connectivity index (χ1v) is 5.67. The van der Waals surface area contributed by atoms with Crippen molar-refractivity contribution in [1.29, 1.82) is 0 Å². The topological polar surface area (TPSA) is 81.0 Å². The van der Waals surface area contributed by atoms with Gasteiger partial charge >= 0.3 is 5.69 Å². The maximum atomic E-state index is 13.5. The number of para-hydroxylation sites is 1. The van der Waals surface area contributed by atoms with Crippen molar-refractivity contribution in [3.63, 3.8) is 0 Å². The molecule has 0 amide bonds. The molecule has 0 spiro atoms. The average molecular weight is 301 g/mol. The molecule has 9 heteroatoms. The zero-order valence-corrected chi connectivity index (χ0v) is 10.8. The van der Waals surface area contributed by atoms with Gasteiger partial charge in [0.15, 0.2) is 0 Å². The van der Waals surface area contributed by atoms with E-state index in [9.17, 15) is 18.9 Å². The number of nitrogens with zero attached hydrogens (tertiary/aromatic N) is 3. The van der Waals surface area contributed by atoms with Crippen molar-refractivity contribution < 1.29 is 13.7 Å². The fraction of sp³-hybridized carbons (Fsp3) is 0.0909. The highest BCUT2D eigenvalue weighted by atomic mass is 35.5. The molecule has 1 aromatic heterocycles. The number of nitro groups is 1. The van der Waals surface area contributed by atoms with Gasteiger partial charge in [-0.05, 0) is 30.7 Å². The van der Waals surface area contributed by atoms with Crippen LogP contribution < -0.4 is 5.32 Å². The lowest BCUT2D eigenvalue weighted by Gasteiger charge is -2.09. The molecule has 20 heavy (non-hydrogen) atoms. The third-order valence-corrected chi connectivity index (χ3v) is 2.59. The van der Waals surface area contributed by atoms with E-state index in [1.807, 2.05) is 0 Å². The standard InChI is InChI=1S/C11H7ClF2N4O2/c1-5-9(18(19)20)10(17-11(12)15-5)16-8-6(13)3-2-4-7(8)14/h2-4H,1H3,(H,15,16,17). The molecule has 0 aliphatic rings. The molecular weight excluding hydrogens is 294 g/mol. The van der Waals surface area contributed by atoms with Crippen LogP contribution in [0.4, 0.5) is 26.0 Å². The van der Waals surface area contributed by atoms with Gasteiger partial charge in [0.25, 0.3) is 0 Å². The Bertz CT molecular complexity index is 676. The van der Waals surface area contributed by atoms with Gasteiger partial charge in [-0.2, -0.15) is 4.98 Å². The first-order chi connectivity index (χ1) is 9.40. The highest BCUT2D eigenvalue weighted by Gasteiger charge is 2.23. The highest BCUT2D eigenvalue weighted by molar-refractivity contribution is 6.28. The summed E-state index contributed by atoms with van der Waals surface area (Å²) < 4.78 is 27.0. The summed E-state index contributed by atoms with van der Waals surface area (Å²) in [5.74, 6) is -2.20. The van der Waals surface area contributed by atoms with Gasteiger partial charge in [0.2, 0.25) is 11.1 Å². The van der Waals surface area contributed by atoms with E-state index in [0.29, 0.717) is 0 Å². The first-order valence-electron chi connectivity index (χ1n) is 5.29. The summed E-state index contributed by atoms with van der Waals surface area (Å²) in [4.78, 5) is 17.4. The minimum atomic E-state index is -0.910. The average Bonchev–Trinajstić information content (AvgIpc) is 2.32. The number of benzene rings is 1. The first kappa shape index (κ1) is 14.1. The molecule has 104 valence electrons. The smallest absolute Gasteiger partial charge is 0.329 e. The molecule has 1 heterocycles. The molecule has 2 aromatic rings. The van der Waals surface area contributed by atoms with E-state index in [1.54, 1.807) is 0 Å². The zero-order valence-electron chi connectivity index (χ0n) is 10.0. The molecule has 6 nitrogen and oxygen atoms in total. The van der Waals surface area contributed by atoms with E-state index in [2.05, 4.69) is 15.3 Å². The second kappa shape index (κ2) is 5.33. The van der Waals surface area contributed by atoms with Crippen molar-refractivity contribution in [2.75, 3.05) is 5.32 Å². The number of hydrogen-bond donors (Lipinski definition) is 1. The van der Waals surface area contributed by atoms with Crippen LogP contribution in [0, 0.1) is 28.7 Å². The molecule has 0 saturated heterocycles. The van der Waals surface area contributed by atoms with Crippen LogP contribution in [0.15, 0.2) is 18.2 Å². The molecule has 0 aliphatic carbocycles. The minimum Gasteiger partial charge on any atom is -0.329 e. The number of rotatable bonds is 3. The van der Waals surface area contributed by atoms with E-state index in [1.165, 1.54) is 13.0 Å². The van der Waals surface area contributed by atoms with Crippen molar-refractivity contribution >= 4 is 28.8 Å². The van der Waals surface area contributed by atoms with Gasteiger partial charge in [-0.1, -0.05) is 6.07 Å². The molecule has 0 unspecified atom stereocenters. The summed E-state index contributed by atoms with van der Waals surface area (Å²) in [5.41, 5.74) is -1.07. The second-order valence-electron chi connectivity index (χ2n) is 3.75. The number of aromatic nitrogens is 2. The number of hydrogen-bond acceptors (Lipinski definition) is 5. The maximum Gasteiger partial charge on any atom is 0.332 e. The predicted octanol–water partition coefficient (Wildman–Crippen LogP) is 3.37. The summed E-state index contributed by atoms with van der Waals surface area (Å²) in [6.45, 7) is 1.34. The Kier molecular flexibility index (Phi) is 3.75. The third-order valence-electron chi connectivity index (χ3n) is 2.42. The Labute approximate surface area is 116 Å². The SMILES string of the molecule is Cc1nc(Cl)nc(Nc2c(F)cccc2F)c1[N+](=O)[O-]. The van der Waals surface area contributed by atoms with Crippen LogP contribution in [0.25, 0.3) is 0 Å². The summed E-state index contributed by atoms with van der Waals surface area (Å²) in [7, 11) is 0. The van der Waals surface area contributed by atoms with E-state index in [4.69, 9.17) is 11.6 Å². The molecule has 0 saturated carbocycles. The quantitative estimate of drug-likeness (QED) is 0.534. The molecular formula is C11H7ClF2N4O2. The normalized spacial score (nSPS) is 10.4. The summed E-state index contributed by atoms with van der Waals surface area (Å²) in [6, 6.07) is 3.18. The third kappa shape index (κ3) is 2.64. The highest BCUT2D eigenvalue weighted by Crippen LogP contribution is 2.31. The van der Waals surface area contributed by atoms with Crippen LogP contribution in [0.2, 0.25) is 5.28 Å². The van der Waals surface area contributed by atoms with Crippen molar-refractivity contribution in [1.82, 2.24) is 9.97 Å². The van der Waals surface area contributed by atoms with Gasteiger partial charge in [0.05, 0.1) is 4.92 Å². The maximum absolute atomic E-state index is 13.5. The summed E-state index contributed by atoms with van der Waals surface area (Å²) in [5, 5.41) is 12.9. The van der Waals surface area contributed by atoms with Crippen LogP contribution in [0.5, 0.6) is 0 Å². The van der Waals surface area contributed by atoms with Crippen molar-refractivity contribution in [3.05, 3.63) is 50.9 Å². The second-order valence-corrected chi connectivity index (χ2v) is 4.09. The molecule has 1 N–H and O–H groups in total. The number of aryl methyl sites for hydroxylation is 1. The van der Waals surface area contributed by atoms with E-state index >= 15 is 0 Å². The van der Waals surface area contributed by atoms with Gasteiger partial charge < -0.3 is 5.32 Å². The Balaban J connectivity index is 2.56. The van der Waals surface area contributed by atoms with Gasteiger partial charge in [-0.3, -0.25) is 10.1 Å². The van der Waals surface area contributed by atoms with Gasteiger partial charge in [0, 0.05) is 0 Å². The Morgan fingerprint density at radius 3 is 2.45 bits per heavy atom. The lowest BCUT2D eigenvalue weighted by Crippen LogP contribution is -2.06. The molecule has 0 atom stereocenters. The van der Waals surface area contributed by atoms with Crippen LogP contribution in [0.3, 0.4) is 0 Å². The summed E-state index contributed by atoms with van der Waals surface area (Å²) in [6.07, 6.45) is 0.